The minimum Gasteiger partial charge on any atom is -0.444 e. The molecule has 1 aromatic carbocycles. The Labute approximate surface area is 175 Å². The molecule has 8 heteroatoms. The minimum absolute atomic E-state index is 0.0970. The van der Waals surface area contributed by atoms with Gasteiger partial charge in [0.2, 0.25) is 5.91 Å². The number of alkyl carbamates (subject to hydrolysis) is 1. The lowest BCUT2D eigenvalue weighted by Gasteiger charge is -2.38. The summed E-state index contributed by atoms with van der Waals surface area (Å²) in [6.45, 7) is 7.74. The molecule has 4 atom stereocenters. The van der Waals surface area contributed by atoms with E-state index in [0.717, 1.165) is 6.07 Å². The van der Waals surface area contributed by atoms with Gasteiger partial charge in [-0.25, -0.2) is 4.79 Å². The van der Waals surface area contributed by atoms with Crippen molar-refractivity contribution in [2.75, 3.05) is 6.54 Å². The standard InChI is InChI=1S/C22H29F3N2O3/c1-13-11-14(26-20(29)30-21(2,3)4)9-10-27(13)19(28)17-12-16(17)15-7-5-6-8-18(15)22(23,24)25/h5-8,13-14,16-17H,9-12H2,1-4H3,(H,26,29)/t13-,14-,16-,17+/m1/s1. The average molecular weight is 426 g/mol. The fourth-order valence-electron chi connectivity index (χ4n) is 4.21. The maximum absolute atomic E-state index is 13.3. The van der Waals surface area contributed by atoms with Gasteiger partial charge in [-0.05, 0) is 64.5 Å². The quantitative estimate of drug-likeness (QED) is 0.761. The second-order valence-electron chi connectivity index (χ2n) is 9.28. The minimum atomic E-state index is -4.42. The molecular formula is C22H29F3N2O3. The number of nitrogens with one attached hydrogen (secondary N) is 1. The fourth-order valence-corrected chi connectivity index (χ4v) is 4.21. The molecule has 30 heavy (non-hydrogen) atoms. The molecule has 166 valence electrons. The van der Waals surface area contributed by atoms with Gasteiger partial charge in [-0.2, -0.15) is 13.2 Å². The van der Waals surface area contributed by atoms with E-state index in [0.29, 0.717) is 25.8 Å². The van der Waals surface area contributed by atoms with Crippen LogP contribution in [0.4, 0.5) is 18.0 Å². The Morgan fingerprint density at radius 1 is 1.13 bits per heavy atom. The molecule has 1 aromatic rings. The van der Waals surface area contributed by atoms with Gasteiger partial charge in [0.15, 0.2) is 0 Å². The van der Waals surface area contributed by atoms with Gasteiger partial charge in [0.1, 0.15) is 5.60 Å². The number of piperidine rings is 1. The first-order chi connectivity index (χ1) is 13.9. The van der Waals surface area contributed by atoms with Gasteiger partial charge in [0, 0.05) is 24.5 Å². The molecular weight excluding hydrogens is 397 g/mol. The molecule has 5 nitrogen and oxygen atoms in total. The molecule has 1 heterocycles. The van der Waals surface area contributed by atoms with Gasteiger partial charge in [0.25, 0.3) is 0 Å². The van der Waals surface area contributed by atoms with Gasteiger partial charge >= 0.3 is 12.3 Å². The van der Waals surface area contributed by atoms with Crippen molar-refractivity contribution in [3.63, 3.8) is 0 Å². The van der Waals surface area contributed by atoms with Crippen LogP contribution in [0.15, 0.2) is 24.3 Å². The number of alkyl halides is 3. The summed E-state index contributed by atoms with van der Waals surface area (Å²) in [5.41, 5.74) is -1.03. The third kappa shape index (κ3) is 5.26. The SMILES string of the molecule is C[C@@H]1C[C@H](NC(=O)OC(C)(C)C)CCN1C(=O)[C@H]1C[C@@H]1c1ccccc1C(F)(F)F. The van der Waals surface area contributed by atoms with Crippen LogP contribution in [-0.2, 0) is 15.7 Å². The normalized spacial score (nSPS) is 26.8. The molecule has 2 fully saturated rings. The van der Waals surface area contributed by atoms with Crippen LogP contribution in [0, 0.1) is 5.92 Å². The van der Waals surface area contributed by atoms with Crippen molar-refractivity contribution in [1.82, 2.24) is 10.2 Å². The van der Waals surface area contributed by atoms with Crippen LogP contribution in [0.1, 0.15) is 64.0 Å². The molecule has 3 rings (SSSR count). The van der Waals surface area contributed by atoms with Crippen molar-refractivity contribution in [3.8, 4) is 0 Å². The third-order valence-electron chi connectivity index (χ3n) is 5.65. The molecule has 1 aliphatic carbocycles. The predicted octanol–water partition coefficient (Wildman–Crippen LogP) is 4.71. The summed E-state index contributed by atoms with van der Waals surface area (Å²) in [4.78, 5) is 26.7. The highest BCUT2D eigenvalue weighted by Gasteiger charge is 2.50. The third-order valence-corrected chi connectivity index (χ3v) is 5.65. The second-order valence-corrected chi connectivity index (χ2v) is 9.28. The Kier molecular flexibility index (Phi) is 6.07. The number of ether oxygens (including phenoxy) is 1. The first-order valence-electron chi connectivity index (χ1n) is 10.3. The van der Waals surface area contributed by atoms with Gasteiger partial charge in [-0.15, -0.1) is 0 Å². The van der Waals surface area contributed by atoms with Gasteiger partial charge < -0.3 is 15.0 Å². The van der Waals surface area contributed by atoms with Crippen molar-refractivity contribution < 1.29 is 27.5 Å². The summed E-state index contributed by atoms with van der Waals surface area (Å²) in [6, 6.07) is 5.30. The zero-order valence-corrected chi connectivity index (χ0v) is 17.8. The molecule has 0 bridgehead atoms. The van der Waals surface area contributed by atoms with E-state index in [9.17, 15) is 22.8 Å². The fraction of sp³-hybridized carbons (Fsp3) is 0.636. The molecule has 1 saturated heterocycles. The molecule has 2 amide bonds. The predicted molar refractivity (Wildman–Crippen MR) is 106 cm³/mol. The maximum Gasteiger partial charge on any atom is 0.416 e. The topological polar surface area (TPSA) is 58.6 Å². The number of benzene rings is 1. The van der Waals surface area contributed by atoms with Crippen molar-refractivity contribution in [2.24, 2.45) is 5.92 Å². The molecule has 0 unspecified atom stereocenters. The molecule has 1 saturated carbocycles. The van der Waals surface area contributed by atoms with Gasteiger partial charge in [0.05, 0.1) is 5.56 Å². The number of carbonyl (C=O) groups excluding carboxylic acids is 2. The molecule has 1 N–H and O–H groups in total. The van der Waals surface area contributed by atoms with Crippen molar-refractivity contribution in [1.29, 1.82) is 0 Å². The van der Waals surface area contributed by atoms with Gasteiger partial charge in [-0.3, -0.25) is 4.79 Å². The zero-order chi connectivity index (χ0) is 22.3. The van der Waals surface area contributed by atoms with E-state index >= 15 is 0 Å². The second kappa shape index (κ2) is 8.12. The highest BCUT2D eigenvalue weighted by molar-refractivity contribution is 5.83. The Morgan fingerprint density at radius 3 is 2.40 bits per heavy atom. The summed E-state index contributed by atoms with van der Waals surface area (Å²) in [5.74, 6) is -0.897. The number of hydrogen-bond acceptors (Lipinski definition) is 3. The van der Waals surface area contributed by atoms with Crippen LogP contribution in [0.5, 0.6) is 0 Å². The summed E-state index contributed by atoms with van der Waals surface area (Å²) in [6.07, 6.45) is -3.29. The van der Waals surface area contributed by atoms with E-state index in [4.69, 9.17) is 4.74 Å². The molecule has 1 aliphatic heterocycles. The number of halogens is 3. The van der Waals surface area contributed by atoms with E-state index < -0.39 is 29.4 Å². The highest BCUT2D eigenvalue weighted by Crippen LogP contribution is 2.52. The van der Waals surface area contributed by atoms with Crippen LogP contribution in [0.25, 0.3) is 0 Å². The van der Waals surface area contributed by atoms with Crippen LogP contribution < -0.4 is 5.32 Å². The number of carbonyl (C=O) groups is 2. The molecule has 0 aromatic heterocycles. The maximum atomic E-state index is 13.3. The first kappa shape index (κ1) is 22.4. The lowest BCUT2D eigenvalue weighted by atomic mass is 9.97. The summed E-state index contributed by atoms with van der Waals surface area (Å²) in [5, 5.41) is 2.84. The number of nitrogens with zero attached hydrogens (tertiary/aromatic N) is 1. The lowest BCUT2D eigenvalue weighted by molar-refractivity contribution is -0.139. The average Bonchev–Trinajstić information content (AvgIpc) is 3.39. The summed E-state index contributed by atoms with van der Waals surface area (Å²) < 4.78 is 45.2. The smallest absolute Gasteiger partial charge is 0.416 e. The number of hydrogen-bond donors (Lipinski definition) is 1. The van der Waals surface area contributed by atoms with Crippen LogP contribution >= 0.6 is 0 Å². The van der Waals surface area contributed by atoms with E-state index in [1.54, 1.807) is 31.7 Å². The lowest BCUT2D eigenvalue weighted by Crippen LogP contribution is -2.52. The number of amides is 2. The van der Waals surface area contributed by atoms with Gasteiger partial charge in [-0.1, -0.05) is 18.2 Å². The van der Waals surface area contributed by atoms with E-state index in [1.165, 1.54) is 12.1 Å². The summed E-state index contributed by atoms with van der Waals surface area (Å²) >= 11 is 0. The van der Waals surface area contributed by atoms with E-state index in [1.807, 2.05) is 6.92 Å². The Morgan fingerprint density at radius 2 is 1.80 bits per heavy atom. The monoisotopic (exact) mass is 426 g/mol. The Balaban J connectivity index is 1.58. The van der Waals surface area contributed by atoms with E-state index in [2.05, 4.69) is 5.32 Å². The van der Waals surface area contributed by atoms with Crippen molar-refractivity contribution >= 4 is 12.0 Å². The van der Waals surface area contributed by atoms with Crippen molar-refractivity contribution in [3.05, 3.63) is 35.4 Å². The molecule has 0 radical (unpaired) electrons. The Hall–Kier alpha value is -2.25. The summed E-state index contributed by atoms with van der Waals surface area (Å²) in [7, 11) is 0. The largest absolute Gasteiger partial charge is 0.444 e. The Bertz CT molecular complexity index is 804. The zero-order valence-electron chi connectivity index (χ0n) is 17.8. The first-order valence-corrected chi connectivity index (χ1v) is 10.3. The van der Waals surface area contributed by atoms with Crippen molar-refractivity contribution in [2.45, 2.75) is 76.7 Å². The number of likely N-dealkylation sites (tertiary alicyclic amines) is 1. The number of rotatable bonds is 3. The molecule has 2 aliphatic rings. The molecule has 0 spiro atoms. The highest BCUT2D eigenvalue weighted by atomic mass is 19.4. The van der Waals surface area contributed by atoms with Crippen LogP contribution in [0.2, 0.25) is 0 Å². The van der Waals surface area contributed by atoms with E-state index in [-0.39, 0.29) is 29.5 Å². The van der Waals surface area contributed by atoms with Crippen LogP contribution in [0.3, 0.4) is 0 Å². The van der Waals surface area contributed by atoms with Crippen LogP contribution in [-0.4, -0.2) is 41.1 Å².